The molecule has 4 nitrogen and oxygen atoms in total. The standard InChI is InChI=1S/C15H21N3O/c1-3-18(15(19)9-8-12(2)17)11-14-7-5-4-6-13(14)10-16/h4-7,12H,3,8-9,11,17H2,1-2H3. The average Bonchev–Trinajstić information content (AvgIpc) is 2.42. The molecular formula is C15H21N3O. The molecule has 102 valence electrons. The predicted molar refractivity (Wildman–Crippen MR) is 75.1 cm³/mol. The highest BCUT2D eigenvalue weighted by Gasteiger charge is 2.14. The molecule has 0 aliphatic heterocycles. The Kier molecular flexibility index (Phi) is 6.04. The van der Waals surface area contributed by atoms with Crippen LogP contribution in [-0.2, 0) is 11.3 Å². The third kappa shape index (κ3) is 4.72. The lowest BCUT2D eigenvalue weighted by molar-refractivity contribution is -0.131. The van der Waals surface area contributed by atoms with E-state index >= 15 is 0 Å². The van der Waals surface area contributed by atoms with Gasteiger partial charge < -0.3 is 10.6 Å². The van der Waals surface area contributed by atoms with Crippen molar-refractivity contribution in [3.63, 3.8) is 0 Å². The Morgan fingerprint density at radius 1 is 1.47 bits per heavy atom. The lowest BCUT2D eigenvalue weighted by Gasteiger charge is -2.22. The van der Waals surface area contributed by atoms with Gasteiger partial charge in [-0.2, -0.15) is 5.26 Å². The highest BCUT2D eigenvalue weighted by atomic mass is 16.2. The van der Waals surface area contributed by atoms with Crippen LogP contribution in [0, 0.1) is 11.3 Å². The molecule has 0 bridgehead atoms. The molecule has 0 aliphatic carbocycles. The number of carbonyl (C=O) groups is 1. The van der Waals surface area contributed by atoms with Gasteiger partial charge in [0.2, 0.25) is 5.91 Å². The summed E-state index contributed by atoms with van der Waals surface area (Å²) < 4.78 is 0. The molecule has 2 N–H and O–H groups in total. The molecule has 1 aromatic rings. The monoisotopic (exact) mass is 259 g/mol. The average molecular weight is 259 g/mol. The summed E-state index contributed by atoms with van der Waals surface area (Å²) in [5.74, 6) is 0.0903. The summed E-state index contributed by atoms with van der Waals surface area (Å²) in [6, 6.07) is 9.57. The van der Waals surface area contributed by atoms with E-state index in [1.54, 1.807) is 11.0 Å². The number of amides is 1. The van der Waals surface area contributed by atoms with E-state index in [1.807, 2.05) is 32.0 Å². The number of nitriles is 1. The lowest BCUT2D eigenvalue weighted by atomic mass is 10.1. The minimum Gasteiger partial charge on any atom is -0.339 e. The van der Waals surface area contributed by atoms with Gasteiger partial charge in [0.1, 0.15) is 0 Å². The van der Waals surface area contributed by atoms with Gasteiger partial charge in [-0.05, 0) is 31.9 Å². The first-order chi connectivity index (χ1) is 9.08. The Labute approximate surface area is 114 Å². The van der Waals surface area contributed by atoms with Crippen molar-refractivity contribution < 1.29 is 4.79 Å². The van der Waals surface area contributed by atoms with E-state index in [9.17, 15) is 4.79 Å². The summed E-state index contributed by atoms with van der Waals surface area (Å²) in [7, 11) is 0. The van der Waals surface area contributed by atoms with Crippen molar-refractivity contribution in [2.24, 2.45) is 5.73 Å². The fourth-order valence-corrected chi connectivity index (χ4v) is 1.86. The normalized spacial score (nSPS) is 11.7. The van der Waals surface area contributed by atoms with Crippen LogP contribution in [0.4, 0.5) is 0 Å². The van der Waals surface area contributed by atoms with Crippen LogP contribution in [0.1, 0.15) is 37.8 Å². The molecule has 0 heterocycles. The number of benzene rings is 1. The maximum Gasteiger partial charge on any atom is 0.222 e. The van der Waals surface area contributed by atoms with Crippen molar-refractivity contribution in [2.45, 2.75) is 39.3 Å². The fourth-order valence-electron chi connectivity index (χ4n) is 1.86. The second-order valence-corrected chi connectivity index (χ2v) is 4.69. The first-order valence-corrected chi connectivity index (χ1v) is 6.59. The summed E-state index contributed by atoms with van der Waals surface area (Å²) >= 11 is 0. The summed E-state index contributed by atoms with van der Waals surface area (Å²) in [5, 5.41) is 9.05. The van der Waals surface area contributed by atoms with E-state index in [2.05, 4.69) is 6.07 Å². The van der Waals surface area contributed by atoms with Gasteiger partial charge in [0, 0.05) is 25.6 Å². The quantitative estimate of drug-likeness (QED) is 0.849. The largest absolute Gasteiger partial charge is 0.339 e. The molecule has 1 aromatic carbocycles. The van der Waals surface area contributed by atoms with Crippen LogP contribution < -0.4 is 5.73 Å². The van der Waals surface area contributed by atoms with Crippen molar-refractivity contribution >= 4 is 5.91 Å². The van der Waals surface area contributed by atoms with Crippen LogP contribution >= 0.6 is 0 Å². The van der Waals surface area contributed by atoms with Gasteiger partial charge in [-0.1, -0.05) is 18.2 Å². The highest BCUT2D eigenvalue weighted by molar-refractivity contribution is 5.76. The van der Waals surface area contributed by atoms with E-state index in [-0.39, 0.29) is 11.9 Å². The second kappa shape index (κ2) is 7.55. The van der Waals surface area contributed by atoms with Crippen LogP contribution in [0.15, 0.2) is 24.3 Å². The summed E-state index contributed by atoms with van der Waals surface area (Å²) in [5.41, 5.74) is 7.18. The number of rotatable bonds is 6. The molecule has 1 unspecified atom stereocenters. The van der Waals surface area contributed by atoms with E-state index in [0.29, 0.717) is 31.5 Å². The van der Waals surface area contributed by atoms with Crippen molar-refractivity contribution in [3.05, 3.63) is 35.4 Å². The third-order valence-electron chi connectivity index (χ3n) is 3.05. The first kappa shape index (κ1) is 15.2. The molecule has 1 rings (SSSR count). The molecule has 0 fully saturated rings. The zero-order valence-corrected chi connectivity index (χ0v) is 11.6. The summed E-state index contributed by atoms with van der Waals surface area (Å²) in [4.78, 5) is 13.8. The van der Waals surface area contributed by atoms with E-state index < -0.39 is 0 Å². The Morgan fingerprint density at radius 3 is 2.74 bits per heavy atom. The maximum atomic E-state index is 12.1. The Bertz CT molecular complexity index is 463. The summed E-state index contributed by atoms with van der Waals surface area (Å²) in [6.07, 6.45) is 1.15. The zero-order valence-electron chi connectivity index (χ0n) is 11.6. The van der Waals surface area contributed by atoms with E-state index in [4.69, 9.17) is 11.0 Å². The number of carbonyl (C=O) groups excluding carboxylic acids is 1. The number of nitrogens with zero attached hydrogens (tertiary/aromatic N) is 2. The number of hydrogen-bond acceptors (Lipinski definition) is 3. The Morgan fingerprint density at radius 2 is 2.16 bits per heavy atom. The van der Waals surface area contributed by atoms with Crippen LogP contribution in [0.3, 0.4) is 0 Å². The van der Waals surface area contributed by atoms with Crippen molar-refractivity contribution in [1.82, 2.24) is 4.90 Å². The minimum atomic E-state index is 0.0362. The highest BCUT2D eigenvalue weighted by Crippen LogP contribution is 2.12. The molecule has 0 spiro atoms. The van der Waals surface area contributed by atoms with Crippen molar-refractivity contribution in [1.29, 1.82) is 5.26 Å². The van der Waals surface area contributed by atoms with Gasteiger partial charge in [-0.25, -0.2) is 0 Å². The Hall–Kier alpha value is -1.86. The molecule has 0 aromatic heterocycles. The van der Waals surface area contributed by atoms with Crippen LogP contribution in [-0.4, -0.2) is 23.4 Å². The zero-order chi connectivity index (χ0) is 14.3. The summed E-state index contributed by atoms with van der Waals surface area (Å²) in [6.45, 7) is 4.96. The molecule has 1 amide bonds. The third-order valence-corrected chi connectivity index (χ3v) is 3.05. The van der Waals surface area contributed by atoms with Crippen molar-refractivity contribution in [3.8, 4) is 6.07 Å². The molecule has 0 saturated carbocycles. The van der Waals surface area contributed by atoms with Gasteiger partial charge in [-0.15, -0.1) is 0 Å². The molecule has 0 saturated heterocycles. The smallest absolute Gasteiger partial charge is 0.222 e. The van der Waals surface area contributed by atoms with E-state index in [1.165, 1.54) is 0 Å². The van der Waals surface area contributed by atoms with Crippen molar-refractivity contribution in [2.75, 3.05) is 6.54 Å². The lowest BCUT2D eigenvalue weighted by Crippen LogP contribution is -2.31. The van der Waals surface area contributed by atoms with Crippen LogP contribution in [0.5, 0.6) is 0 Å². The van der Waals surface area contributed by atoms with Gasteiger partial charge in [0.15, 0.2) is 0 Å². The molecular weight excluding hydrogens is 238 g/mol. The number of nitrogens with two attached hydrogens (primary N) is 1. The fraction of sp³-hybridized carbons (Fsp3) is 0.467. The van der Waals surface area contributed by atoms with Gasteiger partial charge in [0.05, 0.1) is 11.6 Å². The SMILES string of the molecule is CCN(Cc1ccccc1C#N)C(=O)CCC(C)N. The number of hydrogen-bond donors (Lipinski definition) is 1. The van der Waals surface area contributed by atoms with Crippen LogP contribution in [0.25, 0.3) is 0 Å². The van der Waals surface area contributed by atoms with Gasteiger partial charge in [0.25, 0.3) is 0 Å². The van der Waals surface area contributed by atoms with Gasteiger partial charge in [-0.3, -0.25) is 4.79 Å². The van der Waals surface area contributed by atoms with Gasteiger partial charge >= 0.3 is 0 Å². The first-order valence-electron chi connectivity index (χ1n) is 6.59. The predicted octanol–water partition coefficient (Wildman–Crippen LogP) is 2.03. The maximum absolute atomic E-state index is 12.1. The Balaban J connectivity index is 2.71. The molecule has 0 aliphatic rings. The molecule has 4 heteroatoms. The van der Waals surface area contributed by atoms with Crippen LogP contribution in [0.2, 0.25) is 0 Å². The minimum absolute atomic E-state index is 0.0362. The van der Waals surface area contributed by atoms with E-state index in [0.717, 1.165) is 5.56 Å². The topological polar surface area (TPSA) is 70.1 Å². The second-order valence-electron chi connectivity index (χ2n) is 4.69. The molecule has 1 atom stereocenters. The molecule has 0 radical (unpaired) electrons. The molecule has 19 heavy (non-hydrogen) atoms.